The van der Waals surface area contributed by atoms with Gasteiger partial charge in [-0.15, -0.1) is 0 Å². The second-order valence-corrected chi connectivity index (χ2v) is 7.79. The summed E-state index contributed by atoms with van der Waals surface area (Å²) in [5.41, 5.74) is 2.66. The van der Waals surface area contributed by atoms with Gasteiger partial charge in [0, 0.05) is 46.3 Å². The summed E-state index contributed by atoms with van der Waals surface area (Å²) in [6.07, 6.45) is 3.75. The van der Waals surface area contributed by atoms with Gasteiger partial charge in [0.05, 0.1) is 11.9 Å². The Morgan fingerprint density at radius 2 is 1.93 bits per heavy atom. The lowest BCUT2D eigenvalue weighted by Gasteiger charge is -2.38. The summed E-state index contributed by atoms with van der Waals surface area (Å²) in [4.78, 5) is 41.3. The SMILES string of the molecule is O=C([O-])COc1ccc(Cl)cc1[C@H]1C2=C(CCCC2=O)N=C2CCCC(=O)C21. The van der Waals surface area contributed by atoms with Crippen LogP contribution in [0.3, 0.4) is 0 Å². The molecule has 7 heteroatoms. The minimum atomic E-state index is -1.35. The van der Waals surface area contributed by atoms with Crippen molar-refractivity contribution in [3.05, 3.63) is 40.1 Å². The predicted molar refractivity (Wildman–Crippen MR) is 100 cm³/mol. The van der Waals surface area contributed by atoms with Gasteiger partial charge in [0.15, 0.2) is 5.78 Å². The molecule has 1 aromatic carbocycles. The summed E-state index contributed by atoms with van der Waals surface area (Å²) in [6, 6.07) is 4.83. The largest absolute Gasteiger partial charge is 0.546 e. The Balaban J connectivity index is 1.88. The zero-order valence-corrected chi connectivity index (χ0v) is 16.0. The smallest absolute Gasteiger partial charge is 0.161 e. The molecule has 0 bridgehead atoms. The van der Waals surface area contributed by atoms with Crippen molar-refractivity contribution < 1.29 is 24.2 Å². The maximum atomic E-state index is 12.9. The quantitative estimate of drug-likeness (QED) is 0.773. The number of ketones is 2. The molecule has 146 valence electrons. The van der Waals surface area contributed by atoms with Crippen molar-refractivity contribution in [1.82, 2.24) is 0 Å². The maximum Gasteiger partial charge on any atom is 0.161 e. The Bertz CT molecular complexity index is 933. The third kappa shape index (κ3) is 3.37. The molecule has 2 atom stereocenters. The van der Waals surface area contributed by atoms with Crippen LogP contribution in [0.25, 0.3) is 0 Å². The lowest BCUT2D eigenvalue weighted by Crippen LogP contribution is -2.40. The first kappa shape index (κ1) is 18.9. The van der Waals surface area contributed by atoms with E-state index in [0.29, 0.717) is 47.6 Å². The van der Waals surface area contributed by atoms with Crippen LogP contribution in [0, 0.1) is 5.92 Å². The second kappa shape index (κ2) is 7.51. The average Bonchev–Trinajstić information content (AvgIpc) is 2.66. The molecule has 2 aliphatic carbocycles. The Labute approximate surface area is 167 Å². The van der Waals surface area contributed by atoms with E-state index in [1.807, 2.05) is 0 Å². The molecule has 1 fully saturated rings. The Kier molecular flexibility index (Phi) is 5.06. The van der Waals surface area contributed by atoms with Gasteiger partial charge in [0.1, 0.15) is 18.1 Å². The van der Waals surface area contributed by atoms with Crippen molar-refractivity contribution in [1.29, 1.82) is 0 Å². The highest BCUT2D eigenvalue weighted by molar-refractivity contribution is 6.30. The first-order valence-corrected chi connectivity index (χ1v) is 9.82. The zero-order chi connectivity index (χ0) is 19.8. The van der Waals surface area contributed by atoms with E-state index in [-0.39, 0.29) is 11.6 Å². The minimum Gasteiger partial charge on any atom is -0.546 e. The maximum absolute atomic E-state index is 12.9. The van der Waals surface area contributed by atoms with E-state index in [1.54, 1.807) is 18.2 Å². The number of benzene rings is 1. The number of Topliss-reactive ketones (excluding diaryl/α,β-unsaturated/α-hetero) is 2. The van der Waals surface area contributed by atoms with Crippen molar-refractivity contribution in [3.63, 3.8) is 0 Å². The van der Waals surface area contributed by atoms with E-state index in [1.165, 1.54) is 0 Å². The topological polar surface area (TPSA) is 95.9 Å². The van der Waals surface area contributed by atoms with E-state index in [4.69, 9.17) is 21.3 Å². The standard InChI is InChI=1S/C21H20ClNO5/c22-11-7-8-17(28-10-18(26)27)12(9-11)19-20-13(3-1-5-15(20)24)23-14-4-2-6-16(25)21(14)19/h7-9,19-20H,1-6,10H2,(H,26,27)/p-1/t19-,20?/m1/s1. The minimum absolute atomic E-state index is 0.0155. The van der Waals surface area contributed by atoms with E-state index >= 15 is 0 Å². The number of carbonyl (C=O) groups is 3. The number of aliphatic imine (C=N–C) groups is 1. The number of hydrogen-bond acceptors (Lipinski definition) is 6. The number of carboxylic acid groups (broad SMARTS) is 1. The van der Waals surface area contributed by atoms with Gasteiger partial charge in [0.25, 0.3) is 0 Å². The number of carboxylic acids is 1. The Morgan fingerprint density at radius 1 is 1.14 bits per heavy atom. The van der Waals surface area contributed by atoms with E-state index in [9.17, 15) is 19.5 Å². The van der Waals surface area contributed by atoms with Crippen LogP contribution in [0.5, 0.6) is 5.75 Å². The summed E-state index contributed by atoms with van der Waals surface area (Å²) < 4.78 is 5.43. The lowest BCUT2D eigenvalue weighted by atomic mass is 9.67. The fraction of sp³-hybridized carbons (Fsp3) is 0.429. The third-order valence-corrected chi connectivity index (χ3v) is 5.80. The molecule has 0 spiro atoms. The molecule has 1 heterocycles. The van der Waals surface area contributed by atoms with E-state index < -0.39 is 24.4 Å². The predicted octanol–water partition coefficient (Wildman–Crippen LogP) is 2.38. The van der Waals surface area contributed by atoms with Gasteiger partial charge in [0.2, 0.25) is 0 Å². The summed E-state index contributed by atoms with van der Waals surface area (Å²) in [5, 5.41) is 11.3. The molecule has 0 amide bonds. The summed E-state index contributed by atoms with van der Waals surface area (Å²) in [5.74, 6) is -2.10. The van der Waals surface area contributed by atoms with Gasteiger partial charge >= 0.3 is 0 Å². The molecule has 1 aromatic rings. The van der Waals surface area contributed by atoms with Crippen LogP contribution < -0.4 is 9.84 Å². The van der Waals surface area contributed by atoms with Gasteiger partial charge in [-0.25, -0.2) is 0 Å². The van der Waals surface area contributed by atoms with Crippen LogP contribution in [-0.2, 0) is 14.4 Å². The van der Waals surface area contributed by atoms with Crippen molar-refractivity contribution in [2.45, 2.75) is 44.4 Å². The normalized spacial score (nSPS) is 24.4. The molecule has 1 aliphatic heterocycles. The Morgan fingerprint density at radius 3 is 2.71 bits per heavy atom. The van der Waals surface area contributed by atoms with Gasteiger partial charge in [-0.2, -0.15) is 0 Å². The summed E-state index contributed by atoms with van der Waals surface area (Å²) in [7, 11) is 0. The number of hydrogen-bond donors (Lipinski definition) is 0. The number of rotatable bonds is 4. The number of fused-ring (bicyclic) bond motifs is 1. The van der Waals surface area contributed by atoms with Gasteiger partial charge in [-0.3, -0.25) is 14.6 Å². The summed E-state index contributed by atoms with van der Waals surface area (Å²) in [6.45, 7) is -0.624. The molecule has 0 saturated heterocycles. The molecule has 0 radical (unpaired) electrons. The van der Waals surface area contributed by atoms with Crippen LogP contribution >= 0.6 is 11.6 Å². The monoisotopic (exact) mass is 400 g/mol. The van der Waals surface area contributed by atoms with Crippen molar-refractivity contribution in [3.8, 4) is 5.75 Å². The zero-order valence-electron chi connectivity index (χ0n) is 15.2. The number of halogens is 1. The first-order valence-electron chi connectivity index (χ1n) is 9.44. The lowest BCUT2D eigenvalue weighted by molar-refractivity contribution is -0.307. The molecule has 0 aromatic heterocycles. The van der Waals surface area contributed by atoms with Crippen LogP contribution in [0.2, 0.25) is 5.02 Å². The van der Waals surface area contributed by atoms with Crippen LogP contribution in [0.1, 0.15) is 50.0 Å². The molecule has 1 saturated carbocycles. The first-order chi connectivity index (χ1) is 13.5. The molecule has 1 unspecified atom stereocenters. The van der Waals surface area contributed by atoms with E-state index in [0.717, 1.165) is 24.3 Å². The number of aliphatic carboxylic acids is 1. The Hall–Kier alpha value is -2.47. The fourth-order valence-electron chi connectivity index (χ4n) is 4.47. The fourth-order valence-corrected chi connectivity index (χ4v) is 4.65. The molecule has 4 rings (SSSR count). The van der Waals surface area contributed by atoms with Crippen molar-refractivity contribution in [2.75, 3.05) is 6.61 Å². The number of nitrogens with zero attached hydrogens (tertiary/aromatic N) is 1. The highest BCUT2D eigenvalue weighted by Crippen LogP contribution is 2.48. The van der Waals surface area contributed by atoms with Crippen molar-refractivity contribution >= 4 is 34.8 Å². The molecule has 6 nitrogen and oxygen atoms in total. The number of allylic oxidation sites excluding steroid dienone is 2. The van der Waals surface area contributed by atoms with Crippen LogP contribution in [-0.4, -0.2) is 29.9 Å². The molecule has 3 aliphatic rings. The molecular formula is C21H19ClNO5-. The second-order valence-electron chi connectivity index (χ2n) is 7.36. The highest BCUT2D eigenvalue weighted by atomic mass is 35.5. The van der Waals surface area contributed by atoms with Crippen LogP contribution in [0.4, 0.5) is 0 Å². The van der Waals surface area contributed by atoms with Gasteiger partial charge in [-0.05, 0) is 43.9 Å². The van der Waals surface area contributed by atoms with Crippen molar-refractivity contribution in [2.24, 2.45) is 10.9 Å². The highest BCUT2D eigenvalue weighted by Gasteiger charge is 2.45. The van der Waals surface area contributed by atoms with Gasteiger partial charge < -0.3 is 14.6 Å². The molecular weight excluding hydrogens is 382 g/mol. The number of carbonyl (C=O) groups excluding carboxylic acids is 3. The van der Waals surface area contributed by atoms with E-state index in [2.05, 4.69) is 0 Å². The molecule has 0 N–H and O–H groups in total. The van der Waals surface area contributed by atoms with Gasteiger partial charge in [-0.1, -0.05) is 11.6 Å². The average molecular weight is 401 g/mol. The molecule has 28 heavy (non-hydrogen) atoms. The summed E-state index contributed by atoms with van der Waals surface area (Å²) >= 11 is 6.22. The van der Waals surface area contributed by atoms with Crippen LogP contribution in [0.15, 0.2) is 34.5 Å². The third-order valence-electron chi connectivity index (χ3n) is 5.57. The number of ether oxygens (including phenoxy) is 1.